The minimum Gasteiger partial charge on any atom is -0.493 e. The Bertz CT molecular complexity index is 1620. The van der Waals surface area contributed by atoms with Crippen LogP contribution in [0.1, 0.15) is 127 Å². The highest BCUT2D eigenvalue weighted by Gasteiger charge is 2.49. The van der Waals surface area contributed by atoms with E-state index in [0.717, 1.165) is 94.1 Å². The average molecular weight is 617 g/mol. The summed E-state index contributed by atoms with van der Waals surface area (Å²) in [6, 6.07) is 1.30. The highest BCUT2D eigenvalue weighted by molar-refractivity contribution is 5.83. The molecule has 0 unspecified atom stereocenters. The van der Waals surface area contributed by atoms with Gasteiger partial charge in [0.15, 0.2) is 29.0 Å². The maximum atomic E-state index is 16.2. The van der Waals surface area contributed by atoms with Gasteiger partial charge in [0, 0.05) is 17.7 Å². The second kappa shape index (κ2) is 9.88. The third-order valence-electron chi connectivity index (χ3n) is 9.77. The van der Waals surface area contributed by atoms with Crippen molar-refractivity contribution in [1.82, 2.24) is 0 Å². The third kappa shape index (κ3) is 4.67. The van der Waals surface area contributed by atoms with Crippen LogP contribution in [0, 0.1) is 29.1 Å². The maximum absolute atomic E-state index is 16.2. The van der Waals surface area contributed by atoms with Crippen LogP contribution in [0.4, 0.5) is 30.7 Å². The Hall–Kier alpha value is -3.23. The van der Waals surface area contributed by atoms with Crippen LogP contribution in [0.2, 0.25) is 0 Å². The number of halogens is 7. The molecule has 0 N–H and O–H groups in total. The molecule has 0 amide bonds. The molecule has 0 bridgehead atoms. The van der Waals surface area contributed by atoms with E-state index in [4.69, 9.17) is 4.74 Å². The fraction of sp³-hybridized carbons (Fsp3) is 0.486. The van der Waals surface area contributed by atoms with Gasteiger partial charge in [-0.1, -0.05) is 0 Å². The molecule has 44 heavy (non-hydrogen) atoms. The Morgan fingerprint density at radius 1 is 0.568 bits per heavy atom. The van der Waals surface area contributed by atoms with Crippen molar-refractivity contribution >= 4 is 0 Å². The van der Waals surface area contributed by atoms with Gasteiger partial charge in [-0.3, -0.25) is 0 Å². The zero-order valence-electron chi connectivity index (χ0n) is 24.2. The fourth-order valence-electron chi connectivity index (χ4n) is 7.21. The summed E-state index contributed by atoms with van der Waals surface area (Å²) in [5, 5.41) is 0. The Morgan fingerprint density at radius 3 is 1.39 bits per heavy atom. The molecular formula is C35H31F7O2. The first-order valence-electron chi connectivity index (χ1n) is 15.6. The number of hydrogen-bond donors (Lipinski definition) is 0. The topological polar surface area (TPSA) is 18.5 Å². The maximum Gasteiger partial charge on any atom is 0.432 e. The molecule has 5 fully saturated rings. The van der Waals surface area contributed by atoms with Gasteiger partial charge in [-0.05, 0) is 133 Å². The molecule has 0 atom stereocenters. The van der Waals surface area contributed by atoms with E-state index < -0.39 is 52.3 Å². The largest absolute Gasteiger partial charge is 0.493 e. The van der Waals surface area contributed by atoms with Crippen LogP contribution in [-0.2, 0) is 6.11 Å². The molecule has 5 saturated carbocycles. The van der Waals surface area contributed by atoms with E-state index in [1.54, 1.807) is 0 Å². The van der Waals surface area contributed by atoms with Crippen LogP contribution in [0.3, 0.4) is 0 Å². The average Bonchev–Trinajstić information content (AvgIpc) is 3.77. The lowest BCUT2D eigenvalue weighted by Gasteiger charge is -2.29. The standard InChI is InChI=1S/C35H31F7O2/c1-43-34-21(14-22(36)31(33(34)40)35(41,42)44-20-12-23(37)32(39)24(38)13-20)30-28(18-8-9-18)26(16-4-5-16)25(15-2-3-15)27(17-6-7-17)29(30)19-10-11-19/h12-19H,2-11H2,1H3. The Kier molecular flexibility index (Phi) is 6.35. The number of benzene rings is 3. The van der Waals surface area contributed by atoms with Crippen LogP contribution in [0.25, 0.3) is 11.1 Å². The molecule has 0 heterocycles. The summed E-state index contributed by atoms with van der Waals surface area (Å²) in [6.45, 7) is 0. The molecule has 232 valence electrons. The van der Waals surface area contributed by atoms with E-state index in [9.17, 15) is 13.2 Å². The summed E-state index contributed by atoms with van der Waals surface area (Å²) in [6.07, 6.45) is 5.71. The zero-order valence-corrected chi connectivity index (χ0v) is 24.2. The summed E-state index contributed by atoms with van der Waals surface area (Å²) < 4.78 is 114. The summed E-state index contributed by atoms with van der Waals surface area (Å²) in [7, 11) is 1.16. The molecule has 0 spiro atoms. The van der Waals surface area contributed by atoms with E-state index in [0.29, 0.717) is 17.8 Å². The van der Waals surface area contributed by atoms with Gasteiger partial charge in [0.25, 0.3) is 0 Å². The van der Waals surface area contributed by atoms with Crippen molar-refractivity contribution in [3.63, 3.8) is 0 Å². The number of ether oxygens (including phenoxy) is 2. The predicted molar refractivity (Wildman–Crippen MR) is 149 cm³/mol. The van der Waals surface area contributed by atoms with Gasteiger partial charge in [0.2, 0.25) is 0 Å². The molecule has 8 rings (SSSR count). The number of methoxy groups -OCH3 is 1. The van der Waals surface area contributed by atoms with Crippen molar-refractivity contribution in [2.24, 2.45) is 0 Å². The van der Waals surface area contributed by atoms with Crippen molar-refractivity contribution in [3.05, 3.63) is 80.7 Å². The highest BCUT2D eigenvalue weighted by Crippen LogP contribution is 2.65. The predicted octanol–water partition coefficient (Wildman–Crippen LogP) is 10.6. The molecule has 3 aromatic carbocycles. The molecule has 0 radical (unpaired) electrons. The van der Waals surface area contributed by atoms with E-state index >= 15 is 17.6 Å². The Balaban J connectivity index is 1.34. The van der Waals surface area contributed by atoms with Crippen molar-refractivity contribution in [1.29, 1.82) is 0 Å². The first kappa shape index (κ1) is 28.3. The van der Waals surface area contributed by atoms with E-state index in [1.165, 1.54) is 16.7 Å². The number of alkyl halides is 2. The lowest BCUT2D eigenvalue weighted by molar-refractivity contribution is -0.189. The molecule has 5 aliphatic rings. The quantitative estimate of drug-likeness (QED) is 0.167. The molecule has 0 saturated heterocycles. The molecule has 0 aliphatic heterocycles. The number of rotatable bonds is 10. The fourth-order valence-corrected chi connectivity index (χ4v) is 7.21. The normalized spacial score (nSPS) is 20.3. The van der Waals surface area contributed by atoms with Crippen LogP contribution in [0.15, 0.2) is 18.2 Å². The van der Waals surface area contributed by atoms with Gasteiger partial charge in [0.1, 0.15) is 17.1 Å². The molecule has 3 aromatic rings. The molecule has 9 heteroatoms. The molecule has 5 aliphatic carbocycles. The smallest absolute Gasteiger partial charge is 0.432 e. The Morgan fingerprint density at radius 2 is 0.977 bits per heavy atom. The van der Waals surface area contributed by atoms with Gasteiger partial charge in [-0.15, -0.1) is 0 Å². The van der Waals surface area contributed by atoms with Crippen LogP contribution >= 0.6 is 0 Å². The SMILES string of the molecule is COc1c(-c2c(C3CC3)c(C3CC3)c(C3CC3)c(C3CC3)c2C2CC2)cc(F)c(C(F)(F)Oc2cc(F)c(F)c(F)c2)c1F. The van der Waals surface area contributed by atoms with Gasteiger partial charge in [-0.25, -0.2) is 22.0 Å². The summed E-state index contributed by atoms with van der Waals surface area (Å²) in [4.78, 5) is 0. The Labute approximate surface area is 250 Å². The van der Waals surface area contributed by atoms with Crippen molar-refractivity contribution in [2.45, 2.75) is 99.9 Å². The van der Waals surface area contributed by atoms with Crippen LogP contribution in [0.5, 0.6) is 11.5 Å². The minimum absolute atomic E-state index is 0.121. The third-order valence-corrected chi connectivity index (χ3v) is 9.77. The van der Waals surface area contributed by atoms with Crippen LogP contribution in [-0.4, -0.2) is 7.11 Å². The molecular weight excluding hydrogens is 585 g/mol. The number of hydrogen-bond acceptors (Lipinski definition) is 2. The monoisotopic (exact) mass is 616 g/mol. The van der Waals surface area contributed by atoms with Crippen molar-refractivity contribution < 1.29 is 40.2 Å². The highest BCUT2D eigenvalue weighted by atomic mass is 19.3. The first-order chi connectivity index (χ1) is 21.1. The summed E-state index contributed by atoms with van der Waals surface area (Å²) in [5.74, 6) is -8.50. The zero-order chi connectivity index (χ0) is 30.7. The van der Waals surface area contributed by atoms with E-state index in [1.807, 2.05) is 0 Å². The first-order valence-corrected chi connectivity index (χ1v) is 15.6. The molecule has 0 aromatic heterocycles. The lowest BCUT2D eigenvalue weighted by Crippen LogP contribution is -2.26. The van der Waals surface area contributed by atoms with Crippen LogP contribution < -0.4 is 9.47 Å². The van der Waals surface area contributed by atoms with Crippen molar-refractivity contribution in [3.8, 4) is 22.6 Å². The second-order valence-electron chi connectivity index (χ2n) is 13.3. The van der Waals surface area contributed by atoms with E-state index in [-0.39, 0.29) is 29.5 Å². The molecule has 2 nitrogen and oxygen atoms in total. The van der Waals surface area contributed by atoms with E-state index in [2.05, 4.69) is 4.74 Å². The van der Waals surface area contributed by atoms with Crippen molar-refractivity contribution in [2.75, 3.05) is 7.11 Å². The van der Waals surface area contributed by atoms with Gasteiger partial charge < -0.3 is 9.47 Å². The van der Waals surface area contributed by atoms with Gasteiger partial charge in [0.05, 0.1) is 7.11 Å². The minimum atomic E-state index is -4.70. The summed E-state index contributed by atoms with van der Waals surface area (Å²) >= 11 is 0. The van der Waals surface area contributed by atoms with Gasteiger partial charge in [-0.2, -0.15) is 8.78 Å². The van der Waals surface area contributed by atoms with Gasteiger partial charge >= 0.3 is 6.11 Å². The lowest BCUT2D eigenvalue weighted by atomic mass is 9.76. The second-order valence-corrected chi connectivity index (χ2v) is 13.3. The summed E-state index contributed by atoms with van der Waals surface area (Å²) in [5.41, 5.74) is 5.57.